The summed E-state index contributed by atoms with van der Waals surface area (Å²) in [7, 11) is 0. The number of hydrogen-bond acceptors (Lipinski definition) is 8. The molecule has 2 unspecified atom stereocenters. The molecule has 4 fully saturated rings. The Morgan fingerprint density at radius 1 is 1.29 bits per heavy atom. The minimum Gasteiger partial charge on any atom is -0.461 e. The Morgan fingerprint density at radius 3 is 2.66 bits per heavy atom. The number of carbonyl (C=O) groups is 3. The lowest BCUT2D eigenvalue weighted by atomic mass is 9.70. The van der Waals surface area contributed by atoms with Crippen LogP contribution < -0.4 is 0 Å². The molecule has 0 aliphatic carbocycles. The summed E-state index contributed by atoms with van der Waals surface area (Å²) >= 11 is 0. The molecule has 0 saturated carbocycles. The summed E-state index contributed by atoms with van der Waals surface area (Å²) in [5.41, 5.74) is -1.13. The normalized spacial score (nSPS) is 32.1. The number of fused-ring (bicyclic) bond motifs is 1. The largest absolute Gasteiger partial charge is 0.461 e. The summed E-state index contributed by atoms with van der Waals surface area (Å²) in [6.07, 6.45) is 4.48. The van der Waals surface area contributed by atoms with Crippen molar-refractivity contribution in [2.45, 2.75) is 56.9 Å². The molecule has 1 N–H and O–H groups in total. The van der Waals surface area contributed by atoms with Crippen molar-refractivity contribution in [2.75, 3.05) is 59.2 Å². The minimum absolute atomic E-state index is 0.0445. The number of aliphatic hydroxyl groups is 1. The Bertz CT molecular complexity index is 907. The maximum atomic E-state index is 14.4. The quantitative estimate of drug-likeness (QED) is 0.274. The van der Waals surface area contributed by atoms with Gasteiger partial charge in [-0.25, -0.2) is 0 Å². The van der Waals surface area contributed by atoms with Crippen LogP contribution in [0.3, 0.4) is 0 Å². The second kappa shape index (κ2) is 12.3. The fraction of sp³-hybridized carbons (Fsp3) is 0.750. The molecule has 212 valence electrons. The lowest BCUT2D eigenvalue weighted by Gasteiger charge is -2.41. The van der Waals surface area contributed by atoms with E-state index in [-0.39, 0.29) is 30.9 Å². The van der Waals surface area contributed by atoms with Crippen LogP contribution in [0, 0.1) is 17.8 Å². The molecule has 4 saturated heterocycles. The number of ether oxygens (including phenoxy) is 3. The van der Waals surface area contributed by atoms with E-state index in [2.05, 4.69) is 18.1 Å². The van der Waals surface area contributed by atoms with E-state index >= 15 is 0 Å². The molecule has 4 rings (SSSR count). The third-order valence-electron chi connectivity index (χ3n) is 8.88. The Morgan fingerprint density at radius 2 is 2.03 bits per heavy atom. The van der Waals surface area contributed by atoms with Crippen LogP contribution >= 0.6 is 0 Å². The van der Waals surface area contributed by atoms with E-state index in [0.29, 0.717) is 45.7 Å². The number of nitrogens with zero attached hydrogens (tertiary/aromatic N) is 3. The first kappa shape index (κ1) is 28.7. The topological polar surface area (TPSA) is 109 Å². The van der Waals surface area contributed by atoms with Crippen LogP contribution in [0.5, 0.6) is 0 Å². The van der Waals surface area contributed by atoms with Crippen LogP contribution in [0.4, 0.5) is 0 Å². The number of aliphatic hydroxyl groups excluding tert-OH is 1. The van der Waals surface area contributed by atoms with Gasteiger partial charge in [-0.2, -0.15) is 0 Å². The van der Waals surface area contributed by atoms with E-state index in [4.69, 9.17) is 14.2 Å². The molecular weight excluding hydrogens is 490 g/mol. The first-order chi connectivity index (χ1) is 18.3. The summed E-state index contributed by atoms with van der Waals surface area (Å²) in [5.74, 6) is -2.69. The second-order valence-corrected chi connectivity index (χ2v) is 10.9. The van der Waals surface area contributed by atoms with Gasteiger partial charge in [0.2, 0.25) is 11.8 Å². The summed E-state index contributed by atoms with van der Waals surface area (Å²) in [6, 6.07) is -1.50. The zero-order chi connectivity index (χ0) is 27.4. The van der Waals surface area contributed by atoms with Gasteiger partial charge in [0.1, 0.15) is 18.2 Å². The third kappa shape index (κ3) is 5.03. The molecule has 4 aliphatic rings. The predicted octanol–water partition coefficient (Wildman–Crippen LogP) is 0.844. The zero-order valence-electron chi connectivity index (χ0n) is 22.8. The van der Waals surface area contributed by atoms with E-state index in [0.717, 1.165) is 19.5 Å². The first-order valence-corrected chi connectivity index (χ1v) is 13.9. The number of esters is 1. The SMILES string of the molecule is C=CCOC(=O)[C@@H]1[C@@H]2CCC3(O2)C(C(=O)N(CC=C)CCN2CCOCC2)N([C@@H](CO)[C@@H](C)CC)C(=O)[C@H]13. The van der Waals surface area contributed by atoms with Crippen LogP contribution in [-0.4, -0.2) is 121 Å². The van der Waals surface area contributed by atoms with Crippen molar-refractivity contribution in [3.63, 3.8) is 0 Å². The van der Waals surface area contributed by atoms with Crippen LogP contribution in [0.25, 0.3) is 0 Å². The zero-order valence-corrected chi connectivity index (χ0v) is 22.8. The maximum absolute atomic E-state index is 14.4. The Kier molecular flexibility index (Phi) is 9.28. The van der Waals surface area contributed by atoms with Gasteiger partial charge in [0.15, 0.2) is 0 Å². The summed E-state index contributed by atoms with van der Waals surface area (Å²) < 4.78 is 17.3. The highest BCUT2D eigenvalue weighted by molar-refractivity contribution is 5.98. The molecule has 1 spiro atoms. The average molecular weight is 534 g/mol. The summed E-state index contributed by atoms with van der Waals surface area (Å²) in [5, 5.41) is 10.4. The summed E-state index contributed by atoms with van der Waals surface area (Å²) in [6.45, 7) is 15.6. The molecule has 0 aromatic rings. The van der Waals surface area contributed by atoms with Crippen LogP contribution in [0.2, 0.25) is 0 Å². The second-order valence-electron chi connectivity index (χ2n) is 10.9. The Hall–Kier alpha value is -2.27. The van der Waals surface area contributed by atoms with Crippen molar-refractivity contribution >= 4 is 17.8 Å². The molecule has 2 bridgehead atoms. The van der Waals surface area contributed by atoms with Gasteiger partial charge >= 0.3 is 5.97 Å². The number of morpholine rings is 1. The van der Waals surface area contributed by atoms with Crippen molar-refractivity contribution < 1.29 is 33.7 Å². The van der Waals surface area contributed by atoms with Gasteiger partial charge in [-0.15, -0.1) is 6.58 Å². The highest BCUT2D eigenvalue weighted by Gasteiger charge is 2.75. The molecule has 4 aliphatic heterocycles. The van der Waals surface area contributed by atoms with Gasteiger partial charge in [-0.05, 0) is 18.8 Å². The molecule has 0 aromatic carbocycles. The van der Waals surface area contributed by atoms with E-state index in [1.807, 2.05) is 13.8 Å². The average Bonchev–Trinajstić information content (AvgIpc) is 3.58. The Balaban J connectivity index is 1.68. The summed E-state index contributed by atoms with van der Waals surface area (Å²) in [4.78, 5) is 47.2. The third-order valence-corrected chi connectivity index (χ3v) is 8.88. The van der Waals surface area contributed by atoms with E-state index in [9.17, 15) is 19.5 Å². The highest BCUT2D eigenvalue weighted by atomic mass is 16.6. The van der Waals surface area contributed by atoms with Crippen molar-refractivity contribution in [1.82, 2.24) is 14.7 Å². The number of hydrogen-bond donors (Lipinski definition) is 1. The van der Waals surface area contributed by atoms with Gasteiger partial charge in [-0.3, -0.25) is 19.3 Å². The van der Waals surface area contributed by atoms with Crippen molar-refractivity contribution in [2.24, 2.45) is 17.8 Å². The van der Waals surface area contributed by atoms with Crippen LogP contribution in [0.1, 0.15) is 33.1 Å². The lowest BCUT2D eigenvalue weighted by molar-refractivity contribution is -0.156. The molecule has 38 heavy (non-hydrogen) atoms. The minimum atomic E-state index is -1.13. The maximum Gasteiger partial charge on any atom is 0.312 e. The molecule has 0 aromatic heterocycles. The monoisotopic (exact) mass is 533 g/mol. The molecule has 10 nitrogen and oxygen atoms in total. The van der Waals surface area contributed by atoms with E-state index in [1.54, 1.807) is 15.9 Å². The van der Waals surface area contributed by atoms with Gasteiger partial charge in [0.25, 0.3) is 0 Å². The predicted molar refractivity (Wildman–Crippen MR) is 140 cm³/mol. The smallest absolute Gasteiger partial charge is 0.312 e. The molecule has 0 radical (unpaired) electrons. The lowest BCUT2D eigenvalue weighted by Crippen LogP contribution is -2.60. The van der Waals surface area contributed by atoms with Gasteiger partial charge < -0.3 is 29.1 Å². The molecule has 2 amide bonds. The van der Waals surface area contributed by atoms with Gasteiger partial charge in [0.05, 0.1) is 43.8 Å². The fourth-order valence-electron chi connectivity index (χ4n) is 6.75. The number of likely N-dealkylation sites (tertiary alicyclic amines) is 1. The van der Waals surface area contributed by atoms with Crippen molar-refractivity contribution in [3.8, 4) is 0 Å². The van der Waals surface area contributed by atoms with Crippen molar-refractivity contribution in [3.05, 3.63) is 25.3 Å². The highest BCUT2D eigenvalue weighted by Crippen LogP contribution is 2.59. The van der Waals surface area contributed by atoms with E-state index < -0.39 is 41.6 Å². The van der Waals surface area contributed by atoms with Crippen LogP contribution in [0.15, 0.2) is 25.3 Å². The molecular formula is C28H43N3O7. The number of carbonyl (C=O) groups excluding carboxylic acids is 3. The molecule has 7 atom stereocenters. The molecule has 4 heterocycles. The fourth-order valence-corrected chi connectivity index (χ4v) is 6.75. The van der Waals surface area contributed by atoms with E-state index in [1.165, 1.54) is 6.08 Å². The first-order valence-electron chi connectivity index (χ1n) is 13.9. The molecule has 10 heteroatoms. The van der Waals surface area contributed by atoms with Gasteiger partial charge in [-0.1, -0.05) is 39.0 Å². The van der Waals surface area contributed by atoms with Crippen LogP contribution in [-0.2, 0) is 28.6 Å². The van der Waals surface area contributed by atoms with Gasteiger partial charge in [0, 0.05) is 32.7 Å². The van der Waals surface area contributed by atoms with Crippen molar-refractivity contribution in [1.29, 1.82) is 0 Å². The number of amides is 2. The standard InChI is InChI=1S/C28H43N3O7/c1-5-10-30(12-11-29-13-16-36-17-14-29)26(34)24-28-9-8-21(38-28)22(27(35)37-15-6-2)23(28)25(33)31(24)20(18-32)19(4)7-3/h5-6,19-24,32H,1-2,7-18H2,3-4H3/t19-,20-,21-,22+,23-,24?,28?/m0/s1. The Labute approximate surface area is 225 Å². The number of rotatable bonds is 13.